The Morgan fingerprint density at radius 3 is 2.83 bits per heavy atom. The Balaban J connectivity index is 2.26. The molecule has 2 heterocycles. The van der Waals surface area contributed by atoms with E-state index in [1.807, 2.05) is 17.5 Å². The summed E-state index contributed by atoms with van der Waals surface area (Å²) < 4.78 is 0. The molecule has 3 rings (SSSR count). The van der Waals surface area contributed by atoms with Gasteiger partial charge in [0, 0.05) is 22.5 Å². The maximum absolute atomic E-state index is 10.9. The molecule has 0 radical (unpaired) electrons. The summed E-state index contributed by atoms with van der Waals surface area (Å²) >= 11 is 1.55. The lowest BCUT2D eigenvalue weighted by molar-refractivity contribution is 0.0691. The standard InChI is InChI=1S/C13H8N2O2S/c16-13(17)11-5-4-8-9(12-14-6-7-18-12)2-1-3-10(8)15-11/h1-7H,(H,16,17). The second-order valence-corrected chi connectivity index (χ2v) is 4.61. The molecule has 0 bridgehead atoms. The molecule has 5 heteroatoms. The van der Waals surface area contributed by atoms with E-state index < -0.39 is 5.97 Å². The van der Waals surface area contributed by atoms with Crippen molar-refractivity contribution in [3.8, 4) is 10.6 Å². The number of carboxylic acid groups (broad SMARTS) is 1. The van der Waals surface area contributed by atoms with Gasteiger partial charge < -0.3 is 5.11 Å². The Bertz CT molecular complexity index is 723. The molecule has 0 amide bonds. The van der Waals surface area contributed by atoms with Crippen molar-refractivity contribution in [2.45, 2.75) is 0 Å². The van der Waals surface area contributed by atoms with Crippen LogP contribution < -0.4 is 0 Å². The first-order valence-corrected chi connectivity index (χ1v) is 6.16. The van der Waals surface area contributed by atoms with Gasteiger partial charge in [-0.2, -0.15) is 0 Å². The van der Waals surface area contributed by atoms with E-state index in [0.717, 1.165) is 16.0 Å². The Hall–Kier alpha value is -2.27. The molecule has 4 nitrogen and oxygen atoms in total. The number of carbonyl (C=O) groups is 1. The van der Waals surface area contributed by atoms with Gasteiger partial charge in [-0.1, -0.05) is 12.1 Å². The molecule has 0 saturated carbocycles. The monoisotopic (exact) mass is 256 g/mol. The van der Waals surface area contributed by atoms with Gasteiger partial charge in [-0.3, -0.25) is 0 Å². The summed E-state index contributed by atoms with van der Waals surface area (Å²) in [7, 11) is 0. The zero-order chi connectivity index (χ0) is 12.5. The number of nitrogens with zero attached hydrogens (tertiary/aromatic N) is 2. The van der Waals surface area contributed by atoms with E-state index in [4.69, 9.17) is 5.11 Å². The first-order valence-electron chi connectivity index (χ1n) is 5.28. The minimum atomic E-state index is -1.02. The molecule has 88 valence electrons. The van der Waals surface area contributed by atoms with Crippen molar-refractivity contribution < 1.29 is 9.90 Å². The second-order valence-electron chi connectivity index (χ2n) is 3.71. The minimum Gasteiger partial charge on any atom is -0.477 e. The number of benzene rings is 1. The molecule has 2 aromatic heterocycles. The number of aromatic nitrogens is 2. The molecule has 0 spiro atoms. The summed E-state index contributed by atoms with van der Waals surface area (Å²) in [6.45, 7) is 0. The average molecular weight is 256 g/mol. The fraction of sp³-hybridized carbons (Fsp3) is 0. The molecule has 0 fully saturated rings. The van der Waals surface area contributed by atoms with E-state index in [0.29, 0.717) is 5.52 Å². The molecular formula is C13H8N2O2S. The Kier molecular flexibility index (Phi) is 2.53. The summed E-state index contributed by atoms with van der Waals surface area (Å²) in [6.07, 6.45) is 1.75. The van der Waals surface area contributed by atoms with Crippen LogP contribution in [0.4, 0.5) is 0 Å². The lowest BCUT2D eigenvalue weighted by Crippen LogP contribution is -1.99. The zero-order valence-electron chi connectivity index (χ0n) is 9.20. The van der Waals surface area contributed by atoms with E-state index in [1.54, 1.807) is 29.7 Å². The predicted octanol–water partition coefficient (Wildman–Crippen LogP) is 3.06. The fourth-order valence-corrected chi connectivity index (χ4v) is 2.49. The van der Waals surface area contributed by atoms with Crippen LogP contribution in [0.15, 0.2) is 41.9 Å². The molecule has 3 aromatic rings. The summed E-state index contributed by atoms with van der Waals surface area (Å²) in [5.74, 6) is -1.02. The molecule has 0 aliphatic rings. The van der Waals surface area contributed by atoms with Crippen LogP contribution in [0.2, 0.25) is 0 Å². The van der Waals surface area contributed by atoms with Crippen molar-refractivity contribution in [3.63, 3.8) is 0 Å². The number of fused-ring (bicyclic) bond motifs is 1. The van der Waals surface area contributed by atoms with Crippen LogP contribution in [-0.4, -0.2) is 21.0 Å². The summed E-state index contributed by atoms with van der Waals surface area (Å²) in [5.41, 5.74) is 1.70. The van der Waals surface area contributed by atoms with Crippen molar-refractivity contribution in [2.75, 3.05) is 0 Å². The maximum Gasteiger partial charge on any atom is 0.354 e. The smallest absolute Gasteiger partial charge is 0.354 e. The van der Waals surface area contributed by atoms with Gasteiger partial charge in [-0.05, 0) is 18.2 Å². The first-order chi connectivity index (χ1) is 8.75. The van der Waals surface area contributed by atoms with Crippen LogP contribution in [0.1, 0.15) is 10.5 Å². The third-order valence-corrected chi connectivity index (χ3v) is 3.42. The topological polar surface area (TPSA) is 63.1 Å². The molecule has 1 aromatic carbocycles. The molecule has 18 heavy (non-hydrogen) atoms. The quantitative estimate of drug-likeness (QED) is 0.765. The lowest BCUT2D eigenvalue weighted by atomic mass is 10.1. The van der Waals surface area contributed by atoms with Crippen molar-refractivity contribution in [1.29, 1.82) is 0 Å². The van der Waals surface area contributed by atoms with E-state index in [-0.39, 0.29) is 5.69 Å². The lowest BCUT2D eigenvalue weighted by Gasteiger charge is -2.03. The SMILES string of the molecule is O=C(O)c1ccc2c(-c3nccs3)cccc2n1. The largest absolute Gasteiger partial charge is 0.477 e. The molecule has 0 saturated heterocycles. The zero-order valence-corrected chi connectivity index (χ0v) is 10.0. The normalized spacial score (nSPS) is 10.7. The number of hydrogen-bond donors (Lipinski definition) is 1. The Labute approximate surface area is 107 Å². The second kappa shape index (κ2) is 4.19. The minimum absolute atomic E-state index is 0.0544. The van der Waals surface area contributed by atoms with Gasteiger partial charge in [-0.25, -0.2) is 14.8 Å². The van der Waals surface area contributed by atoms with Gasteiger partial charge in [-0.15, -0.1) is 11.3 Å². The Morgan fingerprint density at radius 2 is 2.11 bits per heavy atom. The highest BCUT2D eigenvalue weighted by Gasteiger charge is 2.09. The van der Waals surface area contributed by atoms with Crippen LogP contribution in [0.25, 0.3) is 21.5 Å². The van der Waals surface area contributed by atoms with Crippen molar-refractivity contribution >= 4 is 28.2 Å². The van der Waals surface area contributed by atoms with Gasteiger partial charge in [0.15, 0.2) is 0 Å². The molecule has 0 aliphatic carbocycles. The summed E-state index contributed by atoms with van der Waals surface area (Å²) in [6, 6.07) is 8.92. The van der Waals surface area contributed by atoms with Crippen LogP contribution in [0, 0.1) is 0 Å². The molecule has 0 aliphatic heterocycles. The molecule has 1 N–H and O–H groups in total. The van der Waals surface area contributed by atoms with E-state index in [1.165, 1.54) is 6.07 Å². The number of pyridine rings is 1. The van der Waals surface area contributed by atoms with Crippen LogP contribution >= 0.6 is 11.3 Å². The number of thiazole rings is 1. The third-order valence-electron chi connectivity index (χ3n) is 2.61. The summed E-state index contributed by atoms with van der Waals surface area (Å²) in [4.78, 5) is 19.3. The van der Waals surface area contributed by atoms with Crippen LogP contribution in [-0.2, 0) is 0 Å². The fourth-order valence-electron chi connectivity index (χ4n) is 1.82. The maximum atomic E-state index is 10.9. The molecule has 0 unspecified atom stereocenters. The third kappa shape index (κ3) is 1.74. The molecule has 0 atom stereocenters. The molecular weight excluding hydrogens is 248 g/mol. The predicted molar refractivity (Wildman–Crippen MR) is 69.8 cm³/mol. The van der Waals surface area contributed by atoms with Gasteiger partial charge in [0.1, 0.15) is 10.7 Å². The highest BCUT2D eigenvalue weighted by molar-refractivity contribution is 7.13. The average Bonchev–Trinajstić information content (AvgIpc) is 2.91. The first kappa shape index (κ1) is 10.9. The summed E-state index contributed by atoms with van der Waals surface area (Å²) in [5, 5.41) is 12.7. The van der Waals surface area contributed by atoms with Crippen molar-refractivity contribution in [3.05, 3.63) is 47.6 Å². The van der Waals surface area contributed by atoms with Crippen molar-refractivity contribution in [1.82, 2.24) is 9.97 Å². The van der Waals surface area contributed by atoms with Gasteiger partial charge in [0.25, 0.3) is 0 Å². The highest BCUT2D eigenvalue weighted by Crippen LogP contribution is 2.29. The van der Waals surface area contributed by atoms with Gasteiger partial charge in [0.05, 0.1) is 5.52 Å². The Morgan fingerprint density at radius 1 is 1.22 bits per heavy atom. The number of hydrogen-bond acceptors (Lipinski definition) is 4. The van der Waals surface area contributed by atoms with Gasteiger partial charge in [0.2, 0.25) is 0 Å². The van der Waals surface area contributed by atoms with Crippen molar-refractivity contribution in [2.24, 2.45) is 0 Å². The van der Waals surface area contributed by atoms with Crippen LogP contribution in [0.5, 0.6) is 0 Å². The van der Waals surface area contributed by atoms with E-state index in [9.17, 15) is 4.79 Å². The number of rotatable bonds is 2. The van der Waals surface area contributed by atoms with E-state index >= 15 is 0 Å². The number of aromatic carboxylic acids is 1. The van der Waals surface area contributed by atoms with Gasteiger partial charge >= 0.3 is 5.97 Å². The van der Waals surface area contributed by atoms with E-state index in [2.05, 4.69) is 9.97 Å². The van der Waals surface area contributed by atoms with Crippen LogP contribution in [0.3, 0.4) is 0 Å². The highest BCUT2D eigenvalue weighted by atomic mass is 32.1. The number of carboxylic acids is 1.